The molecule has 1 aliphatic rings. The average Bonchev–Trinajstić information content (AvgIpc) is 3.35. The standard InChI is InChI=1S/C27H27N5OS/c1-18-15-23(19(2)32(18)21-7-6-8-22(16-21)33-3)26-25(24-9-4-5-12-29-24)30-27(34)31(26)17-20-10-13-28-14-11-20/h4-16,25-26H,17H2,1-3H3,(H,30,34)/t25-,26+/m0/s1. The molecule has 5 rings (SSSR count). The lowest BCUT2D eigenvalue weighted by molar-refractivity contribution is 0.310. The molecule has 0 bridgehead atoms. The number of rotatable bonds is 6. The van der Waals surface area contributed by atoms with Gasteiger partial charge in [-0.2, -0.15) is 0 Å². The number of hydrogen-bond donors (Lipinski definition) is 1. The minimum Gasteiger partial charge on any atom is -0.497 e. The fourth-order valence-electron chi connectivity index (χ4n) is 4.83. The van der Waals surface area contributed by atoms with Gasteiger partial charge in [-0.25, -0.2) is 0 Å². The molecule has 7 heteroatoms. The summed E-state index contributed by atoms with van der Waals surface area (Å²) in [7, 11) is 1.69. The van der Waals surface area contributed by atoms with Crippen LogP contribution in [-0.4, -0.2) is 31.7 Å². The Bertz CT molecular complexity index is 1310. The van der Waals surface area contributed by atoms with Gasteiger partial charge >= 0.3 is 0 Å². The third-order valence-electron chi connectivity index (χ3n) is 6.40. The predicted octanol–water partition coefficient (Wildman–Crippen LogP) is 5.07. The summed E-state index contributed by atoms with van der Waals surface area (Å²) >= 11 is 5.85. The molecule has 4 aromatic rings. The molecule has 1 fully saturated rings. The van der Waals surface area contributed by atoms with Crippen LogP contribution in [0, 0.1) is 13.8 Å². The summed E-state index contributed by atoms with van der Waals surface area (Å²) in [6.45, 7) is 4.99. The molecule has 1 aliphatic heterocycles. The quantitative estimate of drug-likeness (QED) is 0.398. The first kappa shape index (κ1) is 22.1. The van der Waals surface area contributed by atoms with Crippen LogP contribution in [0.25, 0.3) is 5.69 Å². The van der Waals surface area contributed by atoms with Crippen molar-refractivity contribution in [2.24, 2.45) is 0 Å². The summed E-state index contributed by atoms with van der Waals surface area (Å²) in [5, 5.41) is 4.28. The van der Waals surface area contributed by atoms with Crippen molar-refractivity contribution in [1.82, 2.24) is 24.8 Å². The Morgan fingerprint density at radius 1 is 1.00 bits per heavy atom. The van der Waals surface area contributed by atoms with E-state index in [1.165, 1.54) is 11.3 Å². The second-order valence-corrected chi connectivity index (χ2v) is 8.86. The second-order valence-electron chi connectivity index (χ2n) is 8.47. The number of pyridine rings is 2. The van der Waals surface area contributed by atoms with Crippen molar-refractivity contribution in [3.05, 3.63) is 107 Å². The summed E-state index contributed by atoms with van der Waals surface area (Å²) in [4.78, 5) is 11.1. The van der Waals surface area contributed by atoms with E-state index < -0.39 is 0 Å². The van der Waals surface area contributed by atoms with Crippen LogP contribution in [-0.2, 0) is 6.54 Å². The van der Waals surface area contributed by atoms with Gasteiger partial charge in [0, 0.05) is 48.3 Å². The monoisotopic (exact) mass is 469 g/mol. The number of aromatic nitrogens is 3. The molecule has 1 aromatic carbocycles. The van der Waals surface area contributed by atoms with Gasteiger partial charge in [-0.1, -0.05) is 12.1 Å². The molecule has 1 saturated heterocycles. The van der Waals surface area contributed by atoms with Crippen molar-refractivity contribution in [1.29, 1.82) is 0 Å². The van der Waals surface area contributed by atoms with Gasteiger partial charge in [0.1, 0.15) is 5.75 Å². The van der Waals surface area contributed by atoms with Crippen molar-refractivity contribution >= 4 is 17.3 Å². The third kappa shape index (κ3) is 4.03. The number of ether oxygens (including phenoxy) is 1. The highest BCUT2D eigenvalue weighted by atomic mass is 32.1. The number of benzene rings is 1. The van der Waals surface area contributed by atoms with Crippen LogP contribution < -0.4 is 10.1 Å². The van der Waals surface area contributed by atoms with Gasteiger partial charge in [-0.05, 0) is 79.7 Å². The zero-order chi connectivity index (χ0) is 23.7. The van der Waals surface area contributed by atoms with Crippen molar-refractivity contribution in [2.45, 2.75) is 32.5 Å². The molecule has 0 spiro atoms. The van der Waals surface area contributed by atoms with Gasteiger partial charge in [0.15, 0.2) is 5.11 Å². The Hall–Kier alpha value is -3.71. The van der Waals surface area contributed by atoms with E-state index in [1.54, 1.807) is 7.11 Å². The number of nitrogens with zero attached hydrogens (tertiary/aromatic N) is 4. The predicted molar refractivity (Wildman–Crippen MR) is 137 cm³/mol. The lowest BCUT2D eigenvalue weighted by atomic mass is 9.96. The van der Waals surface area contributed by atoms with Crippen LogP contribution >= 0.6 is 12.2 Å². The second kappa shape index (κ2) is 9.27. The topological polar surface area (TPSA) is 55.2 Å². The summed E-state index contributed by atoms with van der Waals surface area (Å²) in [5.41, 5.74) is 6.75. The van der Waals surface area contributed by atoms with Crippen molar-refractivity contribution in [3.63, 3.8) is 0 Å². The molecule has 0 unspecified atom stereocenters. The Balaban J connectivity index is 1.62. The van der Waals surface area contributed by atoms with E-state index in [1.807, 2.05) is 55.0 Å². The lowest BCUT2D eigenvalue weighted by Crippen LogP contribution is -2.29. The molecule has 0 saturated carbocycles. The largest absolute Gasteiger partial charge is 0.497 e. The number of nitrogens with one attached hydrogen (secondary N) is 1. The molecule has 172 valence electrons. The van der Waals surface area contributed by atoms with Crippen molar-refractivity contribution < 1.29 is 4.74 Å². The number of aryl methyl sites for hydroxylation is 1. The maximum Gasteiger partial charge on any atom is 0.170 e. The van der Waals surface area contributed by atoms with Gasteiger partial charge in [0.2, 0.25) is 0 Å². The van der Waals surface area contributed by atoms with Crippen LogP contribution in [0.3, 0.4) is 0 Å². The molecule has 0 radical (unpaired) electrons. The first-order valence-corrected chi connectivity index (χ1v) is 11.7. The number of hydrogen-bond acceptors (Lipinski definition) is 4. The van der Waals surface area contributed by atoms with Crippen LogP contribution in [0.5, 0.6) is 5.75 Å². The van der Waals surface area contributed by atoms with E-state index in [2.05, 4.69) is 62.9 Å². The van der Waals surface area contributed by atoms with Crippen LogP contribution in [0.2, 0.25) is 0 Å². The Kier molecular flexibility index (Phi) is 6.02. The molecule has 6 nitrogen and oxygen atoms in total. The van der Waals surface area contributed by atoms with Crippen LogP contribution in [0.1, 0.15) is 40.3 Å². The van der Waals surface area contributed by atoms with Gasteiger partial charge in [0.05, 0.1) is 24.9 Å². The highest BCUT2D eigenvalue weighted by Crippen LogP contribution is 2.42. The van der Waals surface area contributed by atoms with Crippen molar-refractivity contribution in [3.8, 4) is 11.4 Å². The first-order chi connectivity index (χ1) is 16.6. The van der Waals surface area contributed by atoms with E-state index in [0.29, 0.717) is 6.54 Å². The highest BCUT2D eigenvalue weighted by molar-refractivity contribution is 7.80. The van der Waals surface area contributed by atoms with E-state index >= 15 is 0 Å². The maximum atomic E-state index is 5.85. The summed E-state index contributed by atoms with van der Waals surface area (Å²) < 4.78 is 7.75. The molecule has 4 heterocycles. The lowest BCUT2D eigenvalue weighted by Gasteiger charge is -2.28. The summed E-state index contributed by atoms with van der Waals surface area (Å²) in [5.74, 6) is 0.834. The van der Waals surface area contributed by atoms with Gasteiger partial charge in [0.25, 0.3) is 0 Å². The van der Waals surface area contributed by atoms with Crippen LogP contribution in [0.4, 0.5) is 0 Å². The van der Waals surface area contributed by atoms with Gasteiger partial charge in [-0.15, -0.1) is 0 Å². The maximum absolute atomic E-state index is 5.85. The highest BCUT2D eigenvalue weighted by Gasteiger charge is 2.41. The number of thiocarbonyl (C=S) groups is 1. The van der Waals surface area contributed by atoms with E-state index in [4.69, 9.17) is 17.0 Å². The van der Waals surface area contributed by atoms with Crippen LogP contribution in [0.15, 0.2) is 79.3 Å². The molecule has 0 amide bonds. The van der Waals surface area contributed by atoms with Crippen molar-refractivity contribution in [2.75, 3.05) is 7.11 Å². The Morgan fingerprint density at radius 2 is 1.82 bits per heavy atom. The Labute approximate surface area is 205 Å². The van der Waals surface area contributed by atoms with E-state index in [0.717, 1.165) is 33.5 Å². The summed E-state index contributed by atoms with van der Waals surface area (Å²) in [6, 6.07) is 20.4. The third-order valence-corrected chi connectivity index (χ3v) is 6.75. The zero-order valence-electron chi connectivity index (χ0n) is 19.5. The molecular formula is C27H27N5OS. The van der Waals surface area contributed by atoms with Gasteiger partial charge < -0.3 is 19.5 Å². The van der Waals surface area contributed by atoms with Gasteiger partial charge in [-0.3, -0.25) is 9.97 Å². The summed E-state index contributed by atoms with van der Waals surface area (Å²) in [6.07, 6.45) is 5.48. The molecular weight excluding hydrogens is 442 g/mol. The molecule has 34 heavy (non-hydrogen) atoms. The minimum absolute atomic E-state index is 0.0128. The molecule has 1 N–H and O–H groups in total. The smallest absolute Gasteiger partial charge is 0.170 e. The molecule has 3 aromatic heterocycles. The first-order valence-electron chi connectivity index (χ1n) is 11.3. The average molecular weight is 470 g/mol. The fraction of sp³-hybridized carbons (Fsp3) is 0.222. The molecule has 0 aliphatic carbocycles. The SMILES string of the molecule is COc1cccc(-n2c(C)cc([C@@H]3[C@H](c4ccccn4)NC(=S)N3Cc3ccncc3)c2C)c1. The fourth-order valence-corrected chi connectivity index (χ4v) is 5.14. The van der Waals surface area contributed by atoms with E-state index in [-0.39, 0.29) is 12.1 Å². The Morgan fingerprint density at radius 3 is 2.56 bits per heavy atom. The molecule has 2 atom stereocenters. The van der Waals surface area contributed by atoms with E-state index in [9.17, 15) is 0 Å². The normalized spacial score (nSPS) is 17.6. The minimum atomic E-state index is -0.0604. The number of methoxy groups -OCH3 is 1. The zero-order valence-corrected chi connectivity index (χ0v) is 20.3.